The Hall–Kier alpha value is -1.76. The van der Waals surface area contributed by atoms with Crippen LogP contribution in [0.2, 0.25) is 0 Å². The summed E-state index contributed by atoms with van der Waals surface area (Å²) in [5, 5.41) is 0. The van der Waals surface area contributed by atoms with Crippen LogP contribution in [0.25, 0.3) is 11.1 Å². The first-order chi connectivity index (χ1) is 20.9. The lowest BCUT2D eigenvalue weighted by Crippen LogP contribution is -2.21. The van der Waals surface area contributed by atoms with Gasteiger partial charge in [0.25, 0.3) is 0 Å². The average Bonchev–Trinajstić information content (AvgIpc) is 3.06. The largest absolute Gasteiger partial charge is 0.493 e. The highest BCUT2D eigenvalue weighted by atomic mass is 16.5. The number of hydrogen-bond acceptors (Lipinski definition) is 1. The fourth-order valence-electron chi connectivity index (χ4n) is 8.59. The van der Waals surface area contributed by atoms with E-state index in [0.717, 1.165) is 61.7 Å². The molecule has 0 heterocycles. The zero-order chi connectivity index (χ0) is 30.8. The molecule has 0 radical (unpaired) electrons. The second-order valence-electron chi connectivity index (χ2n) is 14.7. The second-order valence-corrected chi connectivity index (χ2v) is 14.7. The molecule has 0 unspecified atom stereocenters. The Morgan fingerprint density at radius 3 is 1.70 bits per heavy atom. The summed E-state index contributed by atoms with van der Waals surface area (Å²) in [5.74, 6) is 4.89. The number of benzene rings is 2. The van der Waals surface area contributed by atoms with Gasteiger partial charge < -0.3 is 4.74 Å². The van der Waals surface area contributed by atoms with Gasteiger partial charge in [-0.2, -0.15) is 0 Å². The predicted molar refractivity (Wildman–Crippen MR) is 188 cm³/mol. The van der Waals surface area contributed by atoms with Crippen LogP contribution >= 0.6 is 0 Å². The van der Waals surface area contributed by atoms with Crippen LogP contribution in [0.15, 0.2) is 30.3 Å². The Kier molecular flexibility index (Phi) is 13.1. The van der Waals surface area contributed by atoms with E-state index in [1.165, 1.54) is 111 Å². The molecule has 0 N–H and O–H groups in total. The molecule has 2 aliphatic rings. The van der Waals surface area contributed by atoms with Crippen molar-refractivity contribution in [1.29, 1.82) is 0 Å². The fourth-order valence-corrected chi connectivity index (χ4v) is 8.59. The summed E-state index contributed by atoms with van der Waals surface area (Å²) in [4.78, 5) is 0. The van der Waals surface area contributed by atoms with E-state index in [2.05, 4.69) is 78.8 Å². The Balaban J connectivity index is 1.42. The molecule has 2 aromatic rings. The minimum absolute atomic E-state index is 0.420. The number of rotatable bonds is 15. The van der Waals surface area contributed by atoms with Crippen LogP contribution in [0.5, 0.6) is 5.75 Å². The van der Waals surface area contributed by atoms with Crippen molar-refractivity contribution in [3.8, 4) is 16.9 Å². The lowest BCUT2D eigenvalue weighted by Gasteiger charge is -2.32. The van der Waals surface area contributed by atoms with E-state index >= 15 is 0 Å². The maximum absolute atomic E-state index is 6.62. The quantitative estimate of drug-likeness (QED) is 0.202. The van der Waals surface area contributed by atoms with Gasteiger partial charge in [-0.05, 0) is 126 Å². The highest BCUT2D eigenvalue weighted by Gasteiger charge is 2.26. The number of hydrogen-bond donors (Lipinski definition) is 0. The Morgan fingerprint density at radius 2 is 1.19 bits per heavy atom. The molecule has 2 fully saturated rings. The second kappa shape index (κ2) is 16.5. The van der Waals surface area contributed by atoms with Crippen molar-refractivity contribution in [1.82, 2.24) is 0 Å². The van der Waals surface area contributed by atoms with Crippen LogP contribution in [0, 0.1) is 23.2 Å². The van der Waals surface area contributed by atoms with Gasteiger partial charge in [0, 0.05) is 0 Å². The Labute approximate surface area is 267 Å². The number of aryl methyl sites for hydroxylation is 3. The van der Waals surface area contributed by atoms with E-state index in [4.69, 9.17) is 4.74 Å². The molecule has 0 bridgehead atoms. The summed E-state index contributed by atoms with van der Waals surface area (Å²) in [7, 11) is 0. The molecule has 1 nitrogen and oxygen atoms in total. The first-order valence-electron chi connectivity index (χ1n) is 18.8. The third-order valence-electron chi connectivity index (χ3n) is 12.4. The minimum atomic E-state index is 0.420. The van der Waals surface area contributed by atoms with Crippen molar-refractivity contribution < 1.29 is 4.74 Å². The molecule has 2 aliphatic carbocycles. The van der Waals surface area contributed by atoms with Gasteiger partial charge >= 0.3 is 0 Å². The van der Waals surface area contributed by atoms with E-state index in [9.17, 15) is 0 Å². The highest BCUT2D eigenvalue weighted by Crippen LogP contribution is 2.42. The van der Waals surface area contributed by atoms with Crippen LogP contribution in [0.4, 0.5) is 0 Å². The van der Waals surface area contributed by atoms with Crippen molar-refractivity contribution in [2.24, 2.45) is 23.2 Å². The maximum atomic E-state index is 6.62. The molecule has 4 rings (SSSR count). The Morgan fingerprint density at radius 1 is 0.651 bits per heavy atom. The van der Waals surface area contributed by atoms with E-state index in [-0.39, 0.29) is 0 Å². The summed E-state index contributed by atoms with van der Waals surface area (Å²) < 4.78 is 6.62. The van der Waals surface area contributed by atoms with E-state index in [1.807, 2.05) is 0 Å². The van der Waals surface area contributed by atoms with Crippen LogP contribution in [0.1, 0.15) is 167 Å². The highest BCUT2D eigenvalue weighted by molar-refractivity contribution is 5.71. The molecule has 0 atom stereocenters. The third-order valence-corrected chi connectivity index (χ3v) is 12.4. The molecule has 240 valence electrons. The molecule has 0 aromatic heterocycles. The van der Waals surface area contributed by atoms with Crippen LogP contribution < -0.4 is 4.74 Å². The summed E-state index contributed by atoms with van der Waals surface area (Å²) in [6.45, 7) is 17.2. The third kappa shape index (κ3) is 8.70. The summed E-state index contributed by atoms with van der Waals surface area (Å²) >= 11 is 0. The topological polar surface area (TPSA) is 9.23 Å². The molecule has 0 saturated heterocycles. The summed E-state index contributed by atoms with van der Waals surface area (Å²) in [5.41, 5.74) is 9.09. The van der Waals surface area contributed by atoms with Crippen molar-refractivity contribution in [2.75, 3.05) is 6.61 Å². The van der Waals surface area contributed by atoms with Gasteiger partial charge in [-0.15, -0.1) is 0 Å². The predicted octanol–water partition coefficient (Wildman–Crippen LogP) is 12.9. The van der Waals surface area contributed by atoms with Crippen LogP contribution in [-0.2, 0) is 19.3 Å². The van der Waals surface area contributed by atoms with Crippen molar-refractivity contribution in [3.63, 3.8) is 0 Å². The van der Waals surface area contributed by atoms with Gasteiger partial charge in [0.05, 0.1) is 6.61 Å². The summed E-state index contributed by atoms with van der Waals surface area (Å²) in [6, 6.07) is 12.4. The van der Waals surface area contributed by atoms with Gasteiger partial charge in [-0.1, -0.05) is 124 Å². The number of ether oxygens (including phenoxy) is 1. The zero-order valence-corrected chi connectivity index (χ0v) is 29.3. The first kappa shape index (κ1) is 34.1. The van der Waals surface area contributed by atoms with Gasteiger partial charge in [0.2, 0.25) is 0 Å². The van der Waals surface area contributed by atoms with E-state index < -0.39 is 0 Å². The molecule has 43 heavy (non-hydrogen) atoms. The first-order valence-corrected chi connectivity index (χ1v) is 18.8. The van der Waals surface area contributed by atoms with E-state index in [0.29, 0.717) is 5.41 Å². The lowest BCUT2D eigenvalue weighted by molar-refractivity contribution is 0.172. The average molecular weight is 587 g/mol. The molecule has 0 amide bonds. The Bertz CT molecular complexity index is 1070. The van der Waals surface area contributed by atoms with Crippen LogP contribution in [-0.4, -0.2) is 6.61 Å². The van der Waals surface area contributed by atoms with Crippen molar-refractivity contribution >= 4 is 0 Å². The standard InChI is InChI=1S/C42H66O/c1-8-34-28-38(37-22-20-33(21-23-37)19-18-32-16-14-31(7)15-17-32)24-25-40(34)39-29-35(9-2)41(36(10-3)30-39)43-27-26-42(11-4,12-5)13-6/h24-25,28-33,37H,8-23,26-27H2,1-7H3. The van der Waals surface area contributed by atoms with Crippen LogP contribution in [0.3, 0.4) is 0 Å². The van der Waals surface area contributed by atoms with Crippen molar-refractivity contribution in [3.05, 3.63) is 52.6 Å². The molecule has 1 heteroatoms. The van der Waals surface area contributed by atoms with Crippen molar-refractivity contribution in [2.45, 2.75) is 164 Å². The van der Waals surface area contributed by atoms with Gasteiger partial charge in [-0.25, -0.2) is 0 Å². The SMILES string of the molecule is CCc1cc(C2CCC(CCC3CCC(C)CC3)CC2)ccc1-c1cc(CC)c(OCCC(CC)(CC)CC)c(CC)c1. The smallest absolute Gasteiger partial charge is 0.125 e. The zero-order valence-electron chi connectivity index (χ0n) is 29.3. The summed E-state index contributed by atoms with van der Waals surface area (Å²) in [6.07, 6.45) is 22.5. The molecule has 2 saturated carbocycles. The molecule has 0 spiro atoms. The molecular weight excluding hydrogens is 520 g/mol. The lowest BCUT2D eigenvalue weighted by atomic mass is 9.74. The molecule has 0 aliphatic heterocycles. The monoisotopic (exact) mass is 587 g/mol. The van der Waals surface area contributed by atoms with E-state index in [1.54, 1.807) is 5.56 Å². The minimum Gasteiger partial charge on any atom is -0.493 e. The fraction of sp³-hybridized carbons (Fsp3) is 0.714. The molecule has 2 aromatic carbocycles. The van der Waals surface area contributed by atoms with Gasteiger partial charge in [-0.3, -0.25) is 0 Å². The van der Waals surface area contributed by atoms with Gasteiger partial charge in [0.15, 0.2) is 0 Å². The maximum Gasteiger partial charge on any atom is 0.125 e. The normalized spacial score (nSPS) is 23.0. The van der Waals surface area contributed by atoms with Gasteiger partial charge in [0.1, 0.15) is 5.75 Å². The molecular formula is C42H66O.